The minimum Gasteiger partial charge on any atom is -0.379 e. The highest BCUT2D eigenvalue weighted by atomic mass is 16.3. The van der Waals surface area contributed by atoms with Gasteiger partial charge >= 0.3 is 0 Å². The summed E-state index contributed by atoms with van der Waals surface area (Å²) in [5, 5.41) is 15.9. The fraction of sp³-hybridized carbons (Fsp3) is 0.172. The van der Waals surface area contributed by atoms with Crippen molar-refractivity contribution in [3.05, 3.63) is 120 Å². The van der Waals surface area contributed by atoms with Gasteiger partial charge in [-0.05, 0) is 64.9 Å². The summed E-state index contributed by atoms with van der Waals surface area (Å²) in [6, 6.07) is 37.4. The van der Waals surface area contributed by atoms with E-state index in [2.05, 4.69) is 102 Å². The molecule has 0 spiro atoms. The maximum Gasteiger partial charge on any atom is 0.130 e. The van der Waals surface area contributed by atoms with Gasteiger partial charge in [-0.3, -0.25) is 0 Å². The molecule has 2 N–H and O–H groups in total. The summed E-state index contributed by atoms with van der Waals surface area (Å²) in [6.45, 7) is 0.934. The van der Waals surface area contributed by atoms with E-state index >= 15 is 0 Å². The molecule has 1 aliphatic heterocycles. The second-order valence-electron chi connectivity index (χ2n) is 8.31. The van der Waals surface area contributed by atoms with Gasteiger partial charge in [0.15, 0.2) is 0 Å². The average molecular weight is 406 g/mol. The van der Waals surface area contributed by atoms with E-state index in [4.69, 9.17) is 0 Å². The number of nitrogens with one attached hydrogen (secondary N) is 1. The lowest BCUT2D eigenvalue weighted by molar-refractivity contribution is 0.0443. The van der Waals surface area contributed by atoms with Crippen LogP contribution in [-0.4, -0.2) is 17.7 Å². The summed E-state index contributed by atoms with van der Waals surface area (Å²) in [6.07, 6.45) is 2.02. The highest BCUT2D eigenvalue weighted by Gasteiger charge is 2.41. The maximum atomic E-state index is 12.3. The highest BCUT2D eigenvalue weighted by molar-refractivity contribution is 5.67. The molecule has 1 heterocycles. The summed E-state index contributed by atoms with van der Waals surface area (Å²) in [5.41, 5.74) is 5.30. The topological polar surface area (TPSA) is 32.3 Å². The molecule has 0 amide bonds. The molecule has 2 heteroatoms. The maximum absolute atomic E-state index is 12.3. The summed E-state index contributed by atoms with van der Waals surface area (Å²) in [7, 11) is 0. The first kappa shape index (κ1) is 19.7. The van der Waals surface area contributed by atoms with E-state index < -0.39 is 5.60 Å². The van der Waals surface area contributed by atoms with Crippen molar-refractivity contribution in [2.75, 3.05) is 6.54 Å². The van der Waals surface area contributed by atoms with Crippen LogP contribution < -0.4 is 5.32 Å². The molecule has 4 aromatic carbocycles. The molecule has 0 bridgehead atoms. The Morgan fingerprint density at radius 1 is 0.613 bits per heavy atom. The van der Waals surface area contributed by atoms with Crippen LogP contribution in [0.1, 0.15) is 24.0 Å². The Balaban J connectivity index is 1.63. The minimum atomic E-state index is -1.11. The molecular formula is C29H27NO. The van der Waals surface area contributed by atoms with E-state index in [9.17, 15) is 5.11 Å². The molecule has 1 saturated heterocycles. The fourth-order valence-electron chi connectivity index (χ4n) is 4.74. The van der Waals surface area contributed by atoms with Crippen LogP contribution in [0.15, 0.2) is 109 Å². The number of rotatable bonds is 5. The second kappa shape index (κ2) is 8.50. The molecule has 0 radical (unpaired) electrons. The predicted molar refractivity (Wildman–Crippen MR) is 128 cm³/mol. The van der Waals surface area contributed by atoms with Crippen molar-refractivity contribution in [3.63, 3.8) is 0 Å². The third-order valence-electron chi connectivity index (χ3n) is 6.38. The monoisotopic (exact) mass is 405 g/mol. The fourth-order valence-corrected chi connectivity index (χ4v) is 4.74. The van der Waals surface area contributed by atoms with E-state index in [0.717, 1.165) is 52.8 Å². The van der Waals surface area contributed by atoms with Gasteiger partial charge in [-0.15, -0.1) is 0 Å². The van der Waals surface area contributed by atoms with Crippen molar-refractivity contribution >= 4 is 0 Å². The lowest BCUT2D eigenvalue weighted by atomic mass is 9.78. The second-order valence-corrected chi connectivity index (χ2v) is 8.31. The minimum absolute atomic E-state index is 0.0236. The molecule has 2 nitrogen and oxygen atoms in total. The summed E-state index contributed by atoms with van der Waals surface area (Å²) < 4.78 is 0. The summed E-state index contributed by atoms with van der Waals surface area (Å²) in [4.78, 5) is 0. The first-order valence-electron chi connectivity index (χ1n) is 11.0. The Morgan fingerprint density at radius 3 is 1.55 bits per heavy atom. The lowest BCUT2D eigenvalue weighted by Gasteiger charge is -2.36. The van der Waals surface area contributed by atoms with Gasteiger partial charge in [0.25, 0.3) is 0 Å². The van der Waals surface area contributed by atoms with E-state index in [1.54, 1.807) is 0 Å². The lowest BCUT2D eigenvalue weighted by Crippen LogP contribution is -2.46. The Labute approximate surface area is 184 Å². The zero-order chi connectivity index (χ0) is 21.1. The van der Waals surface area contributed by atoms with E-state index in [1.807, 2.05) is 12.1 Å². The first-order chi connectivity index (χ1) is 15.2. The van der Waals surface area contributed by atoms with Crippen LogP contribution in [0.3, 0.4) is 0 Å². The first-order valence-corrected chi connectivity index (χ1v) is 11.0. The quantitative estimate of drug-likeness (QED) is 0.426. The molecule has 4 aromatic rings. The normalized spacial score (nSPS) is 16.4. The molecular weight excluding hydrogens is 378 g/mol. The van der Waals surface area contributed by atoms with Gasteiger partial charge in [-0.2, -0.15) is 0 Å². The van der Waals surface area contributed by atoms with Crippen LogP contribution in [-0.2, 0) is 5.60 Å². The standard InChI is InChI=1S/C29H27NO/c31-29(28-18-9-19-30-28,26-16-7-14-24(20-26)22-10-3-1-4-11-22)27-17-8-15-25(21-27)23-12-5-2-6-13-23/h1-8,10-17,20-21,28,30-31H,9,18-19H2/t28-/m1/s1. The van der Waals surface area contributed by atoms with E-state index in [0.29, 0.717) is 0 Å². The van der Waals surface area contributed by atoms with Gasteiger partial charge in [0.2, 0.25) is 0 Å². The van der Waals surface area contributed by atoms with Crippen molar-refractivity contribution in [3.8, 4) is 22.3 Å². The molecule has 0 saturated carbocycles. The number of aliphatic hydroxyl groups is 1. The number of benzene rings is 4. The average Bonchev–Trinajstić information content (AvgIpc) is 3.40. The Hall–Kier alpha value is -3.20. The molecule has 0 aromatic heterocycles. The number of hydrogen-bond acceptors (Lipinski definition) is 2. The van der Waals surface area contributed by atoms with Crippen molar-refractivity contribution in [2.24, 2.45) is 0 Å². The zero-order valence-electron chi connectivity index (χ0n) is 17.5. The Morgan fingerprint density at radius 2 is 1.10 bits per heavy atom. The third kappa shape index (κ3) is 3.81. The molecule has 154 valence electrons. The zero-order valence-corrected chi connectivity index (χ0v) is 17.5. The van der Waals surface area contributed by atoms with Crippen LogP contribution in [0.4, 0.5) is 0 Å². The van der Waals surface area contributed by atoms with Gasteiger partial charge in [-0.1, -0.05) is 97.1 Å². The molecule has 5 rings (SSSR count). The molecule has 1 atom stereocenters. The van der Waals surface area contributed by atoms with Crippen LogP contribution in [0, 0.1) is 0 Å². The van der Waals surface area contributed by atoms with Crippen molar-refractivity contribution in [1.82, 2.24) is 5.32 Å². The van der Waals surface area contributed by atoms with Crippen LogP contribution >= 0.6 is 0 Å². The van der Waals surface area contributed by atoms with Gasteiger partial charge < -0.3 is 10.4 Å². The van der Waals surface area contributed by atoms with Crippen molar-refractivity contribution in [1.29, 1.82) is 0 Å². The summed E-state index contributed by atoms with van der Waals surface area (Å²) >= 11 is 0. The Kier molecular flexibility index (Phi) is 5.42. The van der Waals surface area contributed by atoms with Crippen LogP contribution in [0.25, 0.3) is 22.3 Å². The van der Waals surface area contributed by atoms with Crippen molar-refractivity contribution < 1.29 is 5.11 Å². The highest BCUT2D eigenvalue weighted by Crippen LogP contribution is 2.39. The predicted octanol–water partition coefficient (Wildman–Crippen LogP) is 6.01. The van der Waals surface area contributed by atoms with Gasteiger partial charge in [0.05, 0.1) is 0 Å². The van der Waals surface area contributed by atoms with E-state index in [-0.39, 0.29) is 6.04 Å². The van der Waals surface area contributed by atoms with Crippen LogP contribution in [0.2, 0.25) is 0 Å². The molecule has 1 aliphatic rings. The van der Waals surface area contributed by atoms with Gasteiger partial charge in [0, 0.05) is 6.04 Å². The number of hydrogen-bond donors (Lipinski definition) is 2. The largest absolute Gasteiger partial charge is 0.379 e. The molecule has 31 heavy (non-hydrogen) atoms. The van der Waals surface area contributed by atoms with Crippen LogP contribution in [0.5, 0.6) is 0 Å². The smallest absolute Gasteiger partial charge is 0.130 e. The van der Waals surface area contributed by atoms with Gasteiger partial charge in [0.1, 0.15) is 5.60 Å². The molecule has 1 fully saturated rings. The summed E-state index contributed by atoms with van der Waals surface area (Å²) in [5.74, 6) is 0. The van der Waals surface area contributed by atoms with Crippen molar-refractivity contribution in [2.45, 2.75) is 24.5 Å². The SMILES string of the molecule is OC(c1cccc(-c2ccccc2)c1)(c1cccc(-c2ccccc2)c1)[C@H]1CCCN1. The molecule has 0 aliphatic carbocycles. The van der Waals surface area contributed by atoms with Gasteiger partial charge in [-0.25, -0.2) is 0 Å². The molecule has 0 unspecified atom stereocenters. The third-order valence-corrected chi connectivity index (χ3v) is 6.38. The Bertz CT molecular complexity index is 1060. The van der Waals surface area contributed by atoms with E-state index in [1.165, 1.54) is 0 Å².